The molecule has 178 valence electrons. The van der Waals surface area contributed by atoms with Gasteiger partial charge in [0.2, 0.25) is 0 Å². The summed E-state index contributed by atoms with van der Waals surface area (Å²) in [5.74, 6) is -1.88. The first kappa shape index (κ1) is 23.1. The van der Waals surface area contributed by atoms with E-state index in [0.29, 0.717) is 11.4 Å². The van der Waals surface area contributed by atoms with Crippen LogP contribution in [-0.2, 0) is 4.79 Å². The Morgan fingerprint density at radius 1 is 0.667 bits per heavy atom. The summed E-state index contributed by atoms with van der Waals surface area (Å²) >= 11 is 0. The van der Waals surface area contributed by atoms with Gasteiger partial charge < -0.3 is 4.74 Å². The third kappa shape index (κ3) is 4.63. The monoisotopic (exact) mass is 484 g/mol. The number of carbonyl (C=O) groups excluding carboxylic acids is 1. The second-order valence-electron chi connectivity index (χ2n) is 7.95. The molecule has 0 saturated heterocycles. The van der Waals surface area contributed by atoms with Gasteiger partial charge in [-0.05, 0) is 36.4 Å². The van der Waals surface area contributed by atoms with E-state index < -0.39 is 12.1 Å². The minimum atomic E-state index is -5.07. The van der Waals surface area contributed by atoms with Crippen LogP contribution in [0.1, 0.15) is 0 Å². The van der Waals surface area contributed by atoms with Crippen LogP contribution in [0.25, 0.3) is 39.6 Å². The van der Waals surface area contributed by atoms with E-state index in [2.05, 4.69) is 4.74 Å². The number of esters is 1. The lowest BCUT2D eigenvalue weighted by Crippen LogP contribution is -2.27. The Morgan fingerprint density at radius 2 is 1.19 bits per heavy atom. The van der Waals surface area contributed by atoms with Gasteiger partial charge in [-0.25, -0.2) is 9.78 Å². The predicted octanol–water partition coefficient (Wildman–Crippen LogP) is 7.34. The standard InChI is InChI=1S/C29H19F3N2O2/c30-29(31,32)28(35)36-24-18-16-22(17-19-24)27-33-25(20-10-4-1-5-11-20)26(21-12-6-2-7-13-21)34(27)23-14-8-3-9-15-23/h1-19H. The Kier molecular flexibility index (Phi) is 6.12. The second kappa shape index (κ2) is 9.54. The Labute approximate surface area is 205 Å². The zero-order chi connectivity index (χ0) is 25.1. The highest BCUT2D eigenvalue weighted by molar-refractivity contribution is 5.84. The van der Waals surface area contributed by atoms with Crippen LogP contribution in [0.2, 0.25) is 0 Å². The number of alkyl halides is 3. The molecular weight excluding hydrogens is 465 g/mol. The number of imidazole rings is 1. The van der Waals surface area contributed by atoms with Gasteiger partial charge in [0, 0.05) is 22.4 Å². The van der Waals surface area contributed by atoms with E-state index in [4.69, 9.17) is 4.98 Å². The molecule has 0 unspecified atom stereocenters. The fraction of sp³-hybridized carbons (Fsp3) is 0.0345. The summed E-state index contributed by atoms with van der Waals surface area (Å²) in [4.78, 5) is 16.2. The van der Waals surface area contributed by atoms with Crippen molar-refractivity contribution in [2.45, 2.75) is 6.18 Å². The Bertz CT molecular complexity index is 1480. The molecule has 0 aliphatic carbocycles. The van der Waals surface area contributed by atoms with Gasteiger partial charge in [-0.15, -0.1) is 0 Å². The van der Waals surface area contributed by atoms with E-state index >= 15 is 0 Å². The van der Waals surface area contributed by atoms with Gasteiger partial charge in [-0.2, -0.15) is 13.2 Å². The molecular formula is C29H19F3N2O2. The number of ether oxygens (including phenoxy) is 1. The molecule has 0 radical (unpaired) electrons. The molecule has 0 bridgehead atoms. The molecule has 0 N–H and O–H groups in total. The maximum atomic E-state index is 12.6. The SMILES string of the molecule is O=C(Oc1ccc(-c2nc(-c3ccccc3)c(-c3ccccc3)n2-c2ccccc2)cc1)C(F)(F)F. The summed E-state index contributed by atoms with van der Waals surface area (Å²) in [6.07, 6.45) is -5.07. The lowest BCUT2D eigenvalue weighted by Gasteiger charge is -2.14. The largest absolute Gasteiger partial charge is 0.491 e. The number of nitrogens with zero attached hydrogens (tertiary/aromatic N) is 2. The number of para-hydroxylation sites is 1. The van der Waals surface area contributed by atoms with Crippen molar-refractivity contribution in [2.75, 3.05) is 0 Å². The Balaban J connectivity index is 1.70. The highest BCUT2D eigenvalue weighted by Crippen LogP contribution is 2.38. The van der Waals surface area contributed by atoms with Crippen molar-refractivity contribution in [3.05, 3.63) is 115 Å². The molecule has 0 fully saturated rings. The van der Waals surface area contributed by atoms with E-state index in [1.54, 1.807) is 12.1 Å². The molecule has 7 heteroatoms. The van der Waals surface area contributed by atoms with Crippen LogP contribution >= 0.6 is 0 Å². The molecule has 0 spiro atoms. The molecule has 5 rings (SSSR count). The molecule has 0 saturated carbocycles. The second-order valence-corrected chi connectivity index (χ2v) is 7.95. The summed E-state index contributed by atoms with van der Waals surface area (Å²) in [6.45, 7) is 0. The Hall–Kier alpha value is -4.65. The van der Waals surface area contributed by atoms with Crippen molar-refractivity contribution in [1.29, 1.82) is 0 Å². The fourth-order valence-corrected chi connectivity index (χ4v) is 3.94. The first-order chi connectivity index (χ1) is 17.4. The van der Waals surface area contributed by atoms with Crippen LogP contribution in [0.5, 0.6) is 5.75 Å². The molecule has 0 amide bonds. The third-order valence-corrected chi connectivity index (χ3v) is 5.54. The number of hydrogen-bond donors (Lipinski definition) is 0. The van der Waals surface area contributed by atoms with Gasteiger partial charge in [0.1, 0.15) is 11.6 Å². The molecule has 0 aliphatic rings. The minimum absolute atomic E-state index is 0.203. The molecule has 1 aromatic heterocycles. The lowest BCUT2D eigenvalue weighted by molar-refractivity contribution is -0.189. The summed E-state index contributed by atoms with van der Waals surface area (Å²) in [7, 11) is 0. The van der Waals surface area contributed by atoms with Gasteiger partial charge in [-0.1, -0.05) is 78.9 Å². The van der Waals surface area contributed by atoms with Crippen molar-refractivity contribution in [3.8, 4) is 45.3 Å². The van der Waals surface area contributed by atoms with E-state index in [-0.39, 0.29) is 5.75 Å². The lowest BCUT2D eigenvalue weighted by atomic mass is 10.0. The highest BCUT2D eigenvalue weighted by Gasteiger charge is 2.41. The van der Waals surface area contributed by atoms with Crippen molar-refractivity contribution < 1.29 is 22.7 Å². The van der Waals surface area contributed by atoms with Gasteiger partial charge in [-0.3, -0.25) is 4.57 Å². The van der Waals surface area contributed by atoms with Crippen LogP contribution in [0.4, 0.5) is 13.2 Å². The summed E-state index contributed by atoms with van der Waals surface area (Å²) < 4.78 is 44.3. The molecule has 0 atom stereocenters. The summed E-state index contributed by atoms with van der Waals surface area (Å²) in [5, 5.41) is 0. The van der Waals surface area contributed by atoms with Crippen molar-refractivity contribution in [2.24, 2.45) is 0 Å². The summed E-state index contributed by atoms with van der Waals surface area (Å²) in [5.41, 5.74) is 5.01. The van der Waals surface area contributed by atoms with Crippen LogP contribution in [-0.4, -0.2) is 21.7 Å². The zero-order valence-electron chi connectivity index (χ0n) is 18.8. The molecule has 5 aromatic rings. The van der Waals surface area contributed by atoms with Crippen LogP contribution in [0, 0.1) is 0 Å². The van der Waals surface area contributed by atoms with Gasteiger partial charge >= 0.3 is 12.1 Å². The third-order valence-electron chi connectivity index (χ3n) is 5.54. The molecule has 36 heavy (non-hydrogen) atoms. The normalized spacial score (nSPS) is 11.3. The molecule has 1 heterocycles. The summed E-state index contributed by atoms with van der Waals surface area (Å²) in [6, 6.07) is 35.2. The van der Waals surface area contributed by atoms with Gasteiger partial charge in [0.05, 0.1) is 11.4 Å². The number of rotatable bonds is 5. The van der Waals surface area contributed by atoms with Crippen LogP contribution in [0.15, 0.2) is 115 Å². The molecule has 4 nitrogen and oxygen atoms in total. The Morgan fingerprint density at radius 3 is 1.75 bits per heavy atom. The van der Waals surface area contributed by atoms with Crippen LogP contribution in [0.3, 0.4) is 0 Å². The average molecular weight is 484 g/mol. The fourth-order valence-electron chi connectivity index (χ4n) is 3.94. The number of halogens is 3. The van der Waals surface area contributed by atoms with Gasteiger partial charge in [0.15, 0.2) is 0 Å². The topological polar surface area (TPSA) is 44.1 Å². The van der Waals surface area contributed by atoms with Gasteiger partial charge in [0.25, 0.3) is 0 Å². The quantitative estimate of drug-likeness (QED) is 0.194. The van der Waals surface area contributed by atoms with E-state index in [9.17, 15) is 18.0 Å². The number of benzene rings is 4. The van der Waals surface area contributed by atoms with Crippen LogP contribution < -0.4 is 4.74 Å². The van der Waals surface area contributed by atoms with Crippen molar-refractivity contribution in [1.82, 2.24) is 9.55 Å². The predicted molar refractivity (Wildman–Crippen MR) is 132 cm³/mol. The van der Waals surface area contributed by atoms with E-state index in [1.807, 2.05) is 95.6 Å². The first-order valence-corrected chi connectivity index (χ1v) is 11.1. The average Bonchev–Trinajstić information content (AvgIpc) is 3.31. The zero-order valence-corrected chi connectivity index (χ0v) is 18.8. The number of hydrogen-bond acceptors (Lipinski definition) is 3. The minimum Gasteiger partial charge on any atom is -0.420 e. The number of aromatic nitrogens is 2. The van der Waals surface area contributed by atoms with Crippen molar-refractivity contribution >= 4 is 5.97 Å². The maximum absolute atomic E-state index is 12.6. The van der Waals surface area contributed by atoms with E-state index in [0.717, 1.165) is 28.2 Å². The molecule has 4 aromatic carbocycles. The maximum Gasteiger partial charge on any atom is 0.491 e. The molecule has 0 aliphatic heterocycles. The smallest absolute Gasteiger partial charge is 0.420 e. The van der Waals surface area contributed by atoms with E-state index in [1.165, 1.54) is 12.1 Å². The highest BCUT2D eigenvalue weighted by atomic mass is 19.4. The van der Waals surface area contributed by atoms with Crippen molar-refractivity contribution in [3.63, 3.8) is 0 Å². The number of carbonyl (C=O) groups is 1. The first-order valence-electron chi connectivity index (χ1n) is 11.1.